The summed E-state index contributed by atoms with van der Waals surface area (Å²) < 4.78 is 0. The lowest BCUT2D eigenvalue weighted by Gasteiger charge is -2.21. The molecule has 0 aromatic heterocycles. The molecule has 0 radical (unpaired) electrons. The van der Waals surface area contributed by atoms with Gasteiger partial charge in [0.2, 0.25) is 0 Å². The Kier molecular flexibility index (Phi) is 20.3. The molecule has 0 saturated heterocycles. The minimum atomic E-state index is -0.427. The van der Waals surface area contributed by atoms with Gasteiger partial charge in [-0.3, -0.25) is 0 Å². The van der Waals surface area contributed by atoms with Gasteiger partial charge < -0.3 is 5.11 Å². The second kappa shape index (κ2) is 20.1. The molecule has 0 rings (SSSR count). The molecule has 26 heavy (non-hydrogen) atoms. The topological polar surface area (TPSA) is 20.2 Å². The molecule has 0 spiro atoms. The van der Waals surface area contributed by atoms with Crippen molar-refractivity contribution in [2.45, 2.75) is 142 Å². The minimum absolute atomic E-state index is 0.427. The lowest BCUT2D eigenvalue weighted by molar-refractivity contribution is 0.236. The number of hydrogen-bond donors (Lipinski definition) is 2. The van der Waals surface area contributed by atoms with Gasteiger partial charge >= 0.3 is 0 Å². The van der Waals surface area contributed by atoms with E-state index in [1.165, 1.54) is 103 Å². The maximum atomic E-state index is 9.28. The molecular weight excluding hydrogens is 336 g/mol. The molecule has 0 aromatic rings. The van der Waals surface area contributed by atoms with Crippen molar-refractivity contribution in [3.63, 3.8) is 0 Å². The average molecular weight is 387 g/mol. The van der Waals surface area contributed by atoms with Crippen LogP contribution >= 0.6 is 12.6 Å². The first-order valence-electron chi connectivity index (χ1n) is 11.9. The summed E-state index contributed by atoms with van der Waals surface area (Å²) in [6.07, 6.45) is 24.7. The molecule has 0 bridgehead atoms. The van der Waals surface area contributed by atoms with E-state index in [9.17, 15) is 5.11 Å². The first-order chi connectivity index (χ1) is 12.6. The number of aliphatic hydroxyl groups excluding tert-OH is 1. The summed E-state index contributed by atoms with van der Waals surface area (Å²) >= 11 is 4.07. The van der Waals surface area contributed by atoms with Crippen LogP contribution in [0.25, 0.3) is 0 Å². The number of aliphatic hydroxyl groups is 1. The van der Waals surface area contributed by atoms with Gasteiger partial charge in [0.25, 0.3) is 0 Å². The zero-order valence-electron chi connectivity index (χ0n) is 18.4. The third-order valence-corrected chi connectivity index (χ3v) is 6.17. The SMILES string of the molecule is CCCCCCCCCCCCCCCCC(CCCC(O)S)C(C)C. The minimum Gasteiger partial charge on any atom is -0.383 e. The molecule has 0 aliphatic carbocycles. The second-order valence-electron chi connectivity index (χ2n) is 8.80. The number of thiol groups is 1. The fourth-order valence-corrected chi connectivity index (χ4v) is 4.16. The normalized spacial score (nSPS) is 14.1. The van der Waals surface area contributed by atoms with E-state index in [4.69, 9.17) is 0 Å². The smallest absolute Gasteiger partial charge is 0.0964 e. The summed E-state index contributed by atoms with van der Waals surface area (Å²) in [6, 6.07) is 0. The molecule has 0 aromatic carbocycles. The molecule has 2 atom stereocenters. The third kappa shape index (κ3) is 19.1. The largest absolute Gasteiger partial charge is 0.383 e. The molecule has 158 valence electrons. The Hall–Kier alpha value is 0.310. The van der Waals surface area contributed by atoms with Gasteiger partial charge in [-0.25, -0.2) is 0 Å². The van der Waals surface area contributed by atoms with Gasteiger partial charge in [-0.15, -0.1) is 12.6 Å². The van der Waals surface area contributed by atoms with Gasteiger partial charge in [-0.05, 0) is 24.7 Å². The predicted molar refractivity (Wildman–Crippen MR) is 122 cm³/mol. The standard InChI is InChI=1S/C24H50OS/c1-4-5-6-7-8-9-10-11-12-13-14-15-16-17-19-23(22(2)3)20-18-21-24(25)26/h22-26H,4-21H2,1-3H3. The molecule has 1 nitrogen and oxygen atoms in total. The van der Waals surface area contributed by atoms with Crippen LogP contribution in [-0.2, 0) is 0 Å². The van der Waals surface area contributed by atoms with Crippen molar-refractivity contribution in [2.75, 3.05) is 0 Å². The Morgan fingerprint density at radius 3 is 1.35 bits per heavy atom. The van der Waals surface area contributed by atoms with E-state index < -0.39 is 5.44 Å². The van der Waals surface area contributed by atoms with Crippen LogP contribution in [0.2, 0.25) is 0 Å². The quantitative estimate of drug-likeness (QED) is 0.122. The maximum Gasteiger partial charge on any atom is 0.0964 e. The summed E-state index contributed by atoms with van der Waals surface area (Å²) in [5.41, 5.74) is -0.427. The summed E-state index contributed by atoms with van der Waals surface area (Å²) in [5.74, 6) is 1.61. The van der Waals surface area contributed by atoms with Crippen LogP contribution in [0, 0.1) is 11.8 Å². The molecule has 0 heterocycles. The van der Waals surface area contributed by atoms with Gasteiger partial charge in [-0.2, -0.15) is 0 Å². The summed E-state index contributed by atoms with van der Waals surface area (Å²) in [7, 11) is 0. The van der Waals surface area contributed by atoms with E-state index in [0.29, 0.717) is 0 Å². The van der Waals surface area contributed by atoms with Gasteiger partial charge in [0, 0.05) is 0 Å². The van der Waals surface area contributed by atoms with Gasteiger partial charge in [0.1, 0.15) is 0 Å². The van der Waals surface area contributed by atoms with Crippen LogP contribution < -0.4 is 0 Å². The molecule has 2 heteroatoms. The molecule has 2 unspecified atom stereocenters. The molecule has 0 fully saturated rings. The highest BCUT2D eigenvalue weighted by Gasteiger charge is 2.13. The van der Waals surface area contributed by atoms with E-state index in [2.05, 4.69) is 33.4 Å². The first kappa shape index (κ1) is 26.3. The zero-order chi connectivity index (χ0) is 19.5. The van der Waals surface area contributed by atoms with Crippen molar-refractivity contribution in [3.8, 4) is 0 Å². The van der Waals surface area contributed by atoms with Crippen LogP contribution in [0.5, 0.6) is 0 Å². The fraction of sp³-hybridized carbons (Fsp3) is 1.00. The number of hydrogen-bond acceptors (Lipinski definition) is 2. The van der Waals surface area contributed by atoms with Crippen LogP contribution in [0.3, 0.4) is 0 Å². The van der Waals surface area contributed by atoms with Crippen molar-refractivity contribution in [2.24, 2.45) is 11.8 Å². The average Bonchev–Trinajstić information content (AvgIpc) is 2.60. The van der Waals surface area contributed by atoms with Crippen molar-refractivity contribution >= 4 is 12.6 Å². The Morgan fingerprint density at radius 1 is 0.577 bits per heavy atom. The summed E-state index contributed by atoms with van der Waals surface area (Å²) in [4.78, 5) is 0. The monoisotopic (exact) mass is 386 g/mol. The maximum absolute atomic E-state index is 9.28. The summed E-state index contributed by atoms with van der Waals surface area (Å²) in [5, 5.41) is 9.28. The van der Waals surface area contributed by atoms with E-state index in [1.54, 1.807) is 0 Å². The fourth-order valence-electron chi connectivity index (χ4n) is 3.97. The van der Waals surface area contributed by atoms with E-state index in [0.717, 1.165) is 24.7 Å². The molecule has 0 saturated carbocycles. The molecule has 1 N–H and O–H groups in total. The Balaban J connectivity index is 3.34. The number of unbranched alkanes of at least 4 members (excludes halogenated alkanes) is 13. The molecular formula is C24H50OS. The molecule has 0 amide bonds. The number of rotatable bonds is 20. The highest BCUT2D eigenvalue weighted by Crippen LogP contribution is 2.25. The van der Waals surface area contributed by atoms with E-state index in [-0.39, 0.29) is 0 Å². The Bertz CT molecular complexity index is 265. The van der Waals surface area contributed by atoms with E-state index in [1.807, 2.05) is 0 Å². The Morgan fingerprint density at radius 2 is 0.962 bits per heavy atom. The lowest BCUT2D eigenvalue weighted by Crippen LogP contribution is -2.10. The zero-order valence-corrected chi connectivity index (χ0v) is 19.2. The molecule has 0 aliphatic rings. The van der Waals surface area contributed by atoms with Crippen molar-refractivity contribution < 1.29 is 5.11 Å². The molecule has 0 aliphatic heterocycles. The van der Waals surface area contributed by atoms with Crippen molar-refractivity contribution in [3.05, 3.63) is 0 Å². The van der Waals surface area contributed by atoms with Gasteiger partial charge in [0.05, 0.1) is 5.44 Å². The third-order valence-electron chi connectivity index (χ3n) is 5.91. The van der Waals surface area contributed by atoms with Gasteiger partial charge in [-0.1, -0.05) is 124 Å². The van der Waals surface area contributed by atoms with Crippen molar-refractivity contribution in [1.82, 2.24) is 0 Å². The van der Waals surface area contributed by atoms with Gasteiger partial charge in [0.15, 0.2) is 0 Å². The highest BCUT2D eigenvalue weighted by atomic mass is 32.1. The lowest BCUT2D eigenvalue weighted by atomic mass is 9.86. The van der Waals surface area contributed by atoms with Crippen molar-refractivity contribution in [1.29, 1.82) is 0 Å². The summed E-state index contributed by atoms with van der Waals surface area (Å²) in [6.45, 7) is 7.00. The van der Waals surface area contributed by atoms with Crippen LogP contribution in [0.1, 0.15) is 136 Å². The van der Waals surface area contributed by atoms with Crippen LogP contribution in [0.4, 0.5) is 0 Å². The Labute approximate surface area is 171 Å². The van der Waals surface area contributed by atoms with E-state index >= 15 is 0 Å². The highest BCUT2D eigenvalue weighted by molar-refractivity contribution is 7.80. The van der Waals surface area contributed by atoms with Crippen LogP contribution in [0.15, 0.2) is 0 Å². The first-order valence-corrected chi connectivity index (χ1v) is 12.5. The van der Waals surface area contributed by atoms with Crippen LogP contribution in [-0.4, -0.2) is 10.5 Å². The predicted octanol–water partition coefficient (Wildman–Crippen LogP) is 8.55. The second-order valence-corrected chi connectivity index (χ2v) is 9.40.